The van der Waals surface area contributed by atoms with E-state index in [2.05, 4.69) is 75.9 Å². The highest BCUT2D eigenvalue weighted by Crippen LogP contribution is 2.42. The Morgan fingerprint density at radius 3 is 2.43 bits per heavy atom. The summed E-state index contributed by atoms with van der Waals surface area (Å²) in [6.45, 7) is 10.5. The largest absolute Gasteiger partial charge is 0.497 e. The van der Waals surface area contributed by atoms with Crippen molar-refractivity contribution in [2.75, 3.05) is 64.7 Å². The SMILES string of the molecule is CCCCc1nc2c(n1CCCC)-c1cc(N3CCN(C)CC3)ccc1NC2NCc1ccc(OC)cc1OC.CN. The third-order valence-electron chi connectivity index (χ3n) is 8.25. The molecule has 2 aliphatic heterocycles. The second kappa shape index (κ2) is 15.3. The van der Waals surface area contributed by atoms with Crippen molar-refractivity contribution in [3.63, 3.8) is 0 Å². The highest BCUT2D eigenvalue weighted by atomic mass is 16.5. The minimum Gasteiger partial charge on any atom is -0.497 e. The maximum atomic E-state index is 5.67. The second-order valence-corrected chi connectivity index (χ2v) is 11.0. The molecule has 0 amide bonds. The number of aryl methyl sites for hydroxylation is 1. The number of benzene rings is 2. The van der Waals surface area contributed by atoms with Crippen LogP contribution in [0.2, 0.25) is 0 Å². The van der Waals surface area contributed by atoms with Crippen molar-refractivity contribution in [1.82, 2.24) is 19.8 Å². The van der Waals surface area contributed by atoms with Crippen molar-refractivity contribution in [2.24, 2.45) is 5.73 Å². The maximum Gasteiger partial charge on any atom is 0.127 e. The van der Waals surface area contributed by atoms with Crippen LogP contribution in [-0.4, -0.2) is 68.9 Å². The fourth-order valence-electron chi connectivity index (χ4n) is 5.78. The number of unbranched alkanes of at least 4 members (excludes halogenated alkanes) is 2. The molecule has 0 saturated carbocycles. The van der Waals surface area contributed by atoms with Gasteiger partial charge in [0.05, 0.1) is 19.9 Å². The number of anilines is 2. The van der Waals surface area contributed by atoms with E-state index in [0.717, 1.165) is 93.3 Å². The number of nitrogens with one attached hydrogen (secondary N) is 2. The molecule has 3 heterocycles. The van der Waals surface area contributed by atoms with Gasteiger partial charge in [0.25, 0.3) is 0 Å². The van der Waals surface area contributed by atoms with Gasteiger partial charge in [0.2, 0.25) is 0 Å². The van der Waals surface area contributed by atoms with Gasteiger partial charge in [-0.3, -0.25) is 5.32 Å². The van der Waals surface area contributed by atoms with Gasteiger partial charge in [-0.25, -0.2) is 4.98 Å². The smallest absolute Gasteiger partial charge is 0.127 e. The lowest BCUT2D eigenvalue weighted by Crippen LogP contribution is -2.44. The Hall–Kier alpha value is -3.27. The number of rotatable bonds is 12. The summed E-state index contributed by atoms with van der Waals surface area (Å²) >= 11 is 0. The standard InChI is InChI=1S/C32H46N6O2.CH5N/c1-6-8-10-29-35-30-31(38(29)15-9-7-2)26-20-24(37-18-16-36(3)17-19-37)12-14-27(26)34-32(30)33-22-23-11-13-25(39-4)21-28(23)40-5;1-2/h11-14,20-21,32-34H,6-10,15-19,22H2,1-5H3;2H2,1H3. The van der Waals surface area contributed by atoms with Gasteiger partial charge in [-0.05, 0) is 51.2 Å². The van der Waals surface area contributed by atoms with Crippen LogP contribution in [-0.2, 0) is 19.5 Å². The molecule has 2 aliphatic rings. The average molecular weight is 578 g/mol. The minimum absolute atomic E-state index is 0.105. The Bertz CT molecular complexity index is 1280. The van der Waals surface area contributed by atoms with E-state index in [1.165, 1.54) is 29.8 Å². The molecule has 230 valence electrons. The Kier molecular flexibility index (Phi) is 11.5. The first-order valence-electron chi connectivity index (χ1n) is 15.5. The van der Waals surface area contributed by atoms with Crippen molar-refractivity contribution in [2.45, 2.75) is 65.2 Å². The molecule has 1 unspecified atom stereocenters. The molecular weight excluding hydrogens is 526 g/mol. The number of piperazine rings is 1. The van der Waals surface area contributed by atoms with Gasteiger partial charge in [0.15, 0.2) is 0 Å². The predicted molar refractivity (Wildman–Crippen MR) is 174 cm³/mol. The van der Waals surface area contributed by atoms with Crippen LogP contribution < -0.4 is 30.7 Å². The lowest BCUT2D eigenvalue weighted by Gasteiger charge is -2.35. The summed E-state index contributed by atoms with van der Waals surface area (Å²) in [6, 6.07) is 12.9. The molecule has 5 rings (SSSR count). The van der Waals surface area contributed by atoms with Crippen LogP contribution in [0.1, 0.15) is 62.8 Å². The Morgan fingerprint density at radius 1 is 0.976 bits per heavy atom. The summed E-state index contributed by atoms with van der Waals surface area (Å²) < 4.78 is 13.6. The van der Waals surface area contributed by atoms with E-state index in [1.54, 1.807) is 14.2 Å². The van der Waals surface area contributed by atoms with E-state index in [-0.39, 0.29) is 6.17 Å². The Balaban J connectivity index is 0.00000198. The number of methoxy groups -OCH3 is 2. The first kappa shape index (κ1) is 31.7. The van der Waals surface area contributed by atoms with Crippen LogP contribution in [0.25, 0.3) is 11.3 Å². The number of hydrogen-bond acceptors (Lipinski definition) is 8. The first-order chi connectivity index (χ1) is 20.6. The average Bonchev–Trinajstić information content (AvgIpc) is 3.41. The Morgan fingerprint density at radius 2 is 1.74 bits per heavy atom. The van der Waals surface area contributed by atoms with Gasteiger partial charge >= 0.3 is 0 Å². The summed E-state index contributed by atoms with van der Waals surface area (Å²) in [5.74, 6) is 2.81. The van der Waals surface area contributed by atoms with Crippen molar-refractivity contribution in [3.8, 4) is 22.8 Å². The lowest BCUT2D eigenvalue weighted by molar-refractivity contribution is 0.313. The van der Waals surface area contributed by atoms with Crippen molar-refractivity contribution < 1.29 is 9.47 Å². The zero-order valence-electron chi connectivity index (χ0n) is 26.5. The van der Waals surface area contributed by atoms with Crippen molar-refractivity contribution in [1.29, 1.82) is 0 Å². The van der Waals surface area contributed by atoms with E-state index in [0.29, 0.717) is 6.54 Å². The summed E-state index contributed by atoms with van der Waals surface area (Å²) in [5, 5.41) is 7.55. The molecule has 1 aromatic heterocycles. The molecule has 3 aromatic rings. The predicted octanol–water partition coefficient (Wildman–Crippen LogP) is 5.25. The van der Waals surface area contributed by atoms with Crippen LogP contribution in [0.15, 0.2) is 36.4 Å². The molecule has 9 nitrogen and oxygen atoms in total. The summed E-state index contributed by atoms with van der Waals surface area (Å²) in [5.41, 5.74) is 11.7. The van der Waals surface area contributed by atoms with Gasteiger partial charge < -0.3 is 34.9 Å². The van der Waals surface area contributed by atoms with Crippen molar-refractivity contribution in [3.05, 3.63) is 53.5 Å². The minimum atomic E-state index is -0.105. The van der Waals surface area contributed by atoms with E-state index in [4.69, 9.17) is 14.5 Å². The van der Waals surface area contributed by atoms with E-state index in [1.807, 2.05) is 12.1 Å². The fraction of sp³-hybridized carbons (Fsp3) is 0.545. The molecule has 1 fully saturated rings. The third kappa shape index (κ3) is 7.02. The number of fused-ring (bicyclic) bond motifs is 3. The molecule has 0 spiro atoms. The Labute approximate surface area is 252 Å². The van der Waals surface area contributed by atoms with Gasteiger partial charge in [0.1, 0.15) is 29.2 Å². The van der Waals surface area contributed by atoms with Crippen LogP contribution >= 0.6 is 0 Å². The molecule has 1 saturated heterocycles. The molecule has 2 aromatic carbocycles. The van der Waals surface area contributed by atoms with E-state index >= 15 is 0 Å². The molecule has 1 atom stereocenters. The fourth-order valence-corrected chi connectivity index (χ4v) is 5.78. The highest BCUT2D eigenvalue weighted by molar-refractivity contribution is 5.84. The van der Waals surface area contributed by atoms with Gasteiger partial charge in [-0.2, -0.15) is 0 Å². The van der Waals surface area contributed by atoms with Gasteiger partial charge in [-0.1, -0.05) is 32.8 Å². The molecule has 0 aliphatic carbocycles. The van der Waals surface area contributed by atoms with Crippen LogP contribution in [0.4, 0.5) is 11.4 Å². The van der Waals surface area contributed by atoms with Gasteiger partial charge in [-0.15, -0.1) is 0 Å². The van der Waals surface area contributed by atoms with Crippen molar-refractivity contribution >= 4 is 11.4 Å². The van der Waals surface area contributed by atoms with Crippen LogP contribution in [0.3, 0.4) is 0 Å². The molecule has 4 N–H and O–H groups in total. The number of likely N-dealkylation sites (N-methyl/N-ethyl adjacent to an activating group) is 1. The number of ether oxygens (including phenoxy) is 2. The topological polar surface area (TPSA) is 92.8 Å². The molecule has 42 heavy (non-hydrogen) atoms. The van der Waals surface area contributed by atoms with Gasteiger partial charge in [0, 0.05) is 74.3 Å². The van der Waals surface area contributed by atoms with E-state index in [9.17, 15) is 0 Å². The van der Waals surface area contributed by atoms with E-state index < -0.39 is 0 Å². The third-order valence-corrected chi connectivity index (χ3v) is 8.25. The summed E-state index contributed by atoms with van der Waals surface area (Å²) in [7, 11) is 7.09. The normalized spacial score (nSPS) is 16.2. The number of nitrogens with two attached hydrogens (primary N) is 1. The summed E-state index contributed by atoms with van der Waals surface area (Å²) in [6.07, 6.45) is 5.50. The number of hydrogen-bond donors (Lipinski definition) is 3. The monoisotopic (exact) mass is 577 g/mol. The zero-order valence-corrected chi connectivity index (χ0v) is 26.5. The lowest BCUT2D eigenvalue weighted by atomic mass is 10.00. The molecule has 9 heteroatoms. The first-order valence-corrected chi connectivity index (χ1v) is 15.5. The maximum absolute atomic E-state index is 5.67. The summed E-state index contributed by atoms with van der Waals surface area (Å²) in [4.78, 5) is 10.2. The second-order valence-electron chi connectivity index (χ2n) is 11.0. The number of nitrogens with zero attached hydrogens (tertiary/aromatic N) is 4. The number of aromatic nitrogens is 2. The molecular formula is C33H51N7O2. The molecule has 0 radical (unpaired) electrons. The zero-order chi connectivity index (χ0) is 30.1. The van der Waals surface area contributed by atoms with Crippen LogP contribution in [0.5, 0.6) is 11.5 Å². The highest BCUT2D eigenvalue weighted by Gasteiger charge is 2.31. The quantitative estimate of drug-likeness (QED) is 0.269. The molecule has 0 bridgehead atoms. The van der Waals surface area contributed by atoms with Crippen LogP contribution in [0, 0.1) is 0 Å². The number of imidazole rings is 1.